The average Bonchev–Trinajstić information content (AvgIpc) is 3.10. The largest absolute Gasteiger partial charge is 0.270 e. The molecule has 0 N–H and O–H groups in total. The van der Waals surface area contributed by atoms with Crippen LogP contribution in [0.15, 0.2) is 64.7 Å². The Kier molecular flexibility index (Phi) is 4.07. The summed E-state index contributed by atoms with van der Waals surface area (Å²) in [6.07, 6.45) is 1.57. The summed E-state index contributed by atoms with van der Waals surface area (Å²) in [5, 5.41) is 11.1. The summed E-state index contributed by atoms with van der Waals surface area (Å²) in [7, 11) is 0. The van der Waals surface area contributed by atoms with E-state index in [2.05, 4.69) is 34.2 Å². The molecule has 138 valence electrons. The highest BCUT2D eigenvalue weighted by molar-refractivity contribution is 7.98. The van der Waals surface area contributed by atoms with Crippen LogP contribution >= 0.6 is 23.4 Å². The van der Waals surface area contributed by atoms with Gasteiger partial charge < -0.3 is 0 Å². The molecular weight excluding hydrogens is 394 g/mol. The second kappa shape index (κ2) is 6.61. The first-order valence-electron chi connectivity index (χ1n) is 8.64. The van der Waals surface area contributed by atoms with Crippen LogP contribution in [-0.2, 0) is 5.75 Å². The highest BCUT2D eigenvalue weighted by atomic mass is 35.5. The molecule has 0 unspecified atom stereocenters. The Labute approximate surface area is 168 Å². The lowest BCUT2D eigenvalue weighted by atomic mass is 10.1. The summed E-state index contributed by atoms with van der Waals surface area (Å²) in [5.41, 5.74) is 4.13. The maximum Gasteiger partial charge on any atom is 0.258 e. The van der Waals surface area contributed by atoms with Crippen LogP contribution in [-0.4, -0.2) is 24.0 Å². The quantitative estimate of drug-likeness (QED) is 0.420. The lowest BCUT2D eigenvalue weighted by molar-refractivity contribution is 0.936. The predicted octanol–water partition coefficient (Wildman–Crippen LogP) is 4.14. The number of thioether (sulfide) groups is 1. The van der Waals surface area contributed by atoms with E-state index < -0.39 is 0 Å². The van der Waals surface area contributed by atoms with Crippen molar-refractivity contribution in [3.05, 3.63) is 81.4 Å². The van der Waals surface area contributed by atoms with Gasteiger partial charge in [0.05, 0.1) is 16.2 Å². The Morgan fingerprint density at radius 3 is 2.82 bits per heavy atom. The third kappa shape index (κ3) is 2.83. The van der Waals surface area contributed by atoms with Gasteiger partial charge in [-0.2, -0.15) is 0 Å². The molecule has 0 spiro atoms. The lowest BCUT2D eigenvalue weighted by Crippen LogP contribution is -2.15. The van der Waals surface area contributed by atoms with E-state index in [0.29, 0.717) is 22.1 Å². The van der Waals surface area contributed by atoms with Gasteiger partial charge in [-0.05, 0) is 36.8 Å². The van der Waals surface area contributed by atoms with Gasteiger partial charge >= 0.3 is 0 Å². The average molecular weight is 408 g/mol. The van der Waals surface area contributed by atoms with Gasteiger partial charge in [0.1, 0.15) is 5.65 Å². The normalized spacial score (nSPS) is 11.6. The standard InChI is InChI=1S/C20H14ClN5OS/c1-12-8-18-23-24-20(26(18)16-5-3-2-4-15(12)16)28-11-14-9-19(27)25-10-13(21)6-7-17(25)22-14/h2-10H,11H2,1H3. The molecule has 4 heterocycles. The van der Waals surface area contributed by atoms with Gasteiger partial charge in [-0.1, -0.05) is 41.6 Å². The van der Waals surface area contributed by atoms with Crippen LogP contribution in [0, 0.1) is 6.92 Å². The van der Waals surface area contributed by atoms with E-state index in [1.165, 1.54) is 22.2 Å². The molecule has 5 rings (SSSR count). The van der Waals surface area contributed by atoms with E-state index in [-0.39, 0.29) is 5.56 Å². The van der Waals surface area contributed by atoms with Crippen LogP contribution in [0.25, 0.3) is 22.2 Å². The first kappa shape index (κ1) is 17.2. The van der Waals surface area contributed by atoms with E-state index in [9.17, 15) is 4.79 Å². The summed E-state index contributed by atoms with van der Waals surface area (Å²) in [5.74, 6) is 0.511. The first-order valence-corrected chi connectivity index (χ1v) is 10.0. The highest BCUT2D eigenvalue weighted by Crippen LogP contribution is 2.27. The fourth-order valence-electron chi connectivity index (χ4n) is 3.31. The SMILES string of the molecule is Cc1cc2nnc(SCc3cc(=O)n4cc(Cl)ccc4n3)n2c2ccccc12. The number of aryl methyl sites for hydroxylation is 1. The fraction of sp³-hybridized carbons (Fsp3) is 0.100. The smallest absolute Gasteiger partial charge is 0.258 e. The van der Waals surface area contributed by atoms with Crippen molar-refractivity contribution < 1.29 is 0 Å². The molecule has 0 amide bonds. The van der Waals surface area contributed by atoms with E-state index in [1.54, 1.807) is 18.3 Å². The summed E-state index contributed by atoms with van der Waals surface area (Å²) in [6.45, 7) is 2.07. The number of para-hydroxylation sites is 1. The molecule has 0 aliphatic carbocycles. The van der Waals surface area contributed by atoms with Crippen molar-refractivity contribution in [3.63, 3.8) is 0 Å². The molecule has 4 aromatic heterocycles. The summed E-state index contributed by atoms with van der Waals surface area (Å²) < 4.78 is 3.49. The number of nitrogens with zero attached hydrogens (tertiary/aromatic N) is 5. The Balaban J connectivity index is 1.55. The zero-order valence-electron chi connectivity index (χ0n) is 14.8. The van der Waals surface area contributed by atoms with E-state index in [1.807, 2.05) is 22.6 Å². The number of benzene rings is 1. The summed E-state index contributed by atoms with van der Waals surface area (Å²) in [6, 6.07) is 15.2. The molecule has 0 bridgehead atoms. The molecule has 0 radical (unpaired) electrons. The number of pyridine rings is 2. The van der Waals surface area contributed by atoms with Crippen molar-refractivity contribution in [1.29, 1.82) is 0 Å². The number of aromatic nitrogens is 5. The predicted molar refractivity (Wildman–Crippen MR) is 111 cm³/mol. The van der Waals surface area contributed by atoms with Crippen molar-refractivity contribution in [2.75, 3.05) is 0 Å². The van der Waals surface area contributed by atoms with Crippen LogP contribution in [0.4, 0.5) is 0 Å². The monoisotopic (exact) mass is 407 g/mol. The molecule has 0 aliphatic rings. The Morgan fingerprint density at radius 1 is 1.07 bits per heavy atom. The second-order valence-corrected chi connectivity index (χ2v) is 7.85. The number of fused-ring (bicyclic) bond motifs is 4. The zero-order chi connectivity index (χ0) is 19.3. The van der Waals surface area contributed by atoms with Gasteiger partial charge in [0.15, 0.2) is 10.8 Å². The summed E-state index contributed by atoms with van der Waals surface area (Å²) in [4.78, 5) is 16.9. The Bertz CT molecular complexity index is 1430. The molecular formula is C20H14ClN5OS. The fourth-order valence-corrected chi connectivity index (χ4v) is 4.31. The van der Waals surface area contributed by atoms with Crippen molar-refractivity contribution in [3.8, 4) is 0 Å². The molecule has 1 aromatic carbocycles. The number of hydrogen-bond donors (Lipinski definition) is 0. The van der Waals surface area contributed by atoms with Crippen LogP contribution in [0.5, 0.6) is 0 Å². The van der Waals surface area contributed by atoms with Gasteiger partial charge in [0.25, 0.3) is 5.56 Å². The minimum atomic E-state index is -0.157. The minimum absolute atomic E-state index is 0.157. The topological polar surface area (TPSA) is 64.6 Å². The third-order valence-corrected chi connectivity index (χ3v) is 5.79. The van der Waals surface area contributed by atoms with Crippen LogP contribution in [0.2, 0.25) is 5.02 Å². The van der Waals surface area contributed by atoms with Gasteiger partial charge in [-0.15, -0.1) is 10.2 Å². The molecule has 8 heteroatoms. The van der Waals surface area contributed by atoms with Crippen LogP contribution in [0.3, 0.4) is 0 Å². The number of hydrogen-bond acceptors (Lipinski definition) is 5. The Hall–Kier alpha value is -2.90. The van der Waals surface area contributed by atoms with E-state index in [4.69, 9.17) is 11.6 Å². The van der Waals surface area contributed by atoms with Crippen LogP contribution < -0.4 is 5.56 Å². The summed E-state index contributed by atoms with van der Waals surface area (Å²) >= 11 is 7.47. The van der Waals surface area contributed by atoms with Gasteiger partial charge in [-0.3, -0.25) is 13.6 Å². The minimum Gasteiger partial charge on any atom is -0.270 e. The second-order valence-electron chi connectivity index (χ2n) is 6.47. The van der Waals surface area contributed by atoms with E-state index in [0.717, 1.165) is 27.3 Å². The van der Waals surface area contributed by atoms with Gasteiger partial charge in [0, 0.05) is 23.4 Å². The molecule has 0 saturated carbocycles. The van der Waals surface area contributed by atoms with Crippen LogP contribution in [0.1, 0.15) is 11.3 Å². The molecule has 28 heavy (non-hydrogen) atoms. The Morgan fingerprint density at radius 2 is 1.93 bits per heavy atom. The highest BCUT2D eigenvalue weighted by Gasteiger charge is 2.12. The molecule has 0 atom stereocenters. The first-order chi connectivity index (χ1) is 13.6. The number of halogens is 1. The van der Waals surface area contributed by atoms with Crippen molar-refractivity contribution in [1.82, 2.24) is 24.0 Å². The molecule has 6 nitrogen and oxygen atoms in total. The van der Waals surface area contributed by atoms with Crippen molar-refractivity contribution >= 4 is 45.6 Å². The van der Waals surface area contributed by atoms with Crippen molar-refractivity contribution in [2.45, 2.75) is 17.8 Å². The third-order valence-electron chi connectivity index (χ3n) is 4.60. The lowest BCUT2D eigenvalue weighted by Gasteiger charge is -2.07. The zero-order valence-corrected chi connectivity index (χ0v) is 16.4. The van der Waals surface area contributed by atoms with Gasteiger partial charge in [-0.25, -0.2) is 4.98 Å². The molecule has 0 fully saturated rings. The maximum absolute atomic E-state index is 12.4. The maximum atomic E-state index is 12.4. The van der Waals surface area contributed by atoms with E-state index >= 15 is 0 Å². The number of rotatable bonds is 3. The van der Waals surface area contributed by atoms with Crippen molar-refractivity contribution in [2.24, 2.45) is 0 Å². The molecule has 5 aromatic rings. The molecule has 0 aliphatic heterocycles. The molecule has 0 saturated heterocycles. The van der Waals surface area contributed by atoms with Gasteiger partial charge in [0.2, 0.25) is 0 Å².